The smallest absolute Gasteiger partial charge is 0.221 e. The van der Waals surface area contributed by atoms with E-state index in [1.54, 1.807) is 25.3 Å². The van der Waals surface area contributed by atoms with Crippen molar-refractivity contribution >= 4 is 11.9 Å². The first-order chi connectivity index (χ1) is 8.31. The van der Waals surface area contributed by atoms with E-state index in [0.717, 1.165) is 11.3 Å². The van der Waals surface area contributed by atoms with Crippen LogP contribution in [0.3, 0.4) is 0 Å². The fraction of sp³-hybridized carbons (Fsp3) is 0.0714. The predicted octanol–water partition coefficient (Wildman–Crippen LogP) is 3.18. The van der Waals surface area contributed by atoms with Gasteiger partial charge in [0.25, 0.3) is 0 Å². The maximum absolute atomic E-state index is 11.7. The normalized spacial score (nSPS) is 10.6. The van der Waals surface area contributed by atoms with Crippen LogP contribution in [0.25, 0.3) is 6.08 Å². The molecule has 3 heteroatoms. The van der Waals surface area contributed by atoms with E-state index in [1.807, 2.05) is 24.3 Å². The number of allylic oxidation sites excluding steroid dienone is 1. The molecule has 0 N–H and O–H groups in total. The van der Waals surface area contributed by atoms with E-state index in [2.05, 4.69) is 0 Å². The second-order valence-electron chi connectivity index (χ2n) is 3.42. The number of carbonyl (C=O) groups excluding carboxylic acids is 1. The van der Waals surface area contributed by atoms with Gasteiger partial charge in [0.15, 0.2) is 5.76 Å². The Hall–Kier alpha value is -2.29. The van der Waals surface area contributed by atoms with E-state index in [0.29, 0.717) is 5.76 Å². The van der Waals surface area contributed by atoms with Gasteiger partial charge in [0, 0.05) is 5.56 Å². The molecule has 0 aliphatic rings. The van der Waals surface area contributed by atoms with E-state index in [4.69, 9.17) is 9.15 Å². The maximum Gasteiger partial charge on any atom is 0.221 e. The SMILES string of the molecule is COc1ccccc1/C=C/C(=O)c1ccco1. The number of ketones is 1. The summed E-state index contributed by atoms with van der Waals surface area (Å²) >= 11 is 0. The zero-order valence-corrected chi connectivity index (χ0v) is 9.42. The molecule has 1 aromatic heterocycles. The highest BCUT2D eigenvalue weighted by Crippen LogP contribution is 2.18. The first-order valence-electron chi connectivity index (χ1n) is 5.20. The number of ether oxygens (including phenoxy) is 1. The molecule has 0 bridgehead atoms. The highest BCUT2D eigenvalue weighted by molar-refractivity contribution is 6.04. The minimum absolute atomic E-state index is 0.166. The Kier molecular flexibility index (Phi) is 3.40. The molecule has 2 rings (SSSR count). The van der Waals surface area contributed by atoms with Gasteiger partial charge in [0.05, 0.1) is 13.4 Å². The van der Waals surface area contributed by atoms with Crippen molar-refractivity contribution in [3.63, 3.8) is 0 Å². The molecule has 0 amide bonds. The number of furan rings is 1. The molecular weight excluding hydrogens is 216 g/mol. The van der Waals surface area contributed by atoms with Crippen molar-refractivity contribution in [3.05, 3.63) is 60.1 Å². The van der Waals surface area contributed by atoms with Gasteiger partial charge in [-0.15, -0.1) is 0 Å². The Balaban J connectivity index is 2.18. The molecule has 3 nitrogen and oxygen atoms in total. The van der Waals surface area contributed by atoms with Crippen LogP contribution >= 0.6 is 0 Å². The maximum atomic E-state index is 11.7. The van der Waals surface area contributed by atoms with Gasteiger partial charge in [-0.05, 0) is 30.4 Å². The molecule has 0 saturated heterocycles. The van der Waals surface area contributed by atoms with E-state index >= 15 is 0 Å². The summed E-state index contributed by atoms with van der Waals surface area (Å²) in [5.41, 5.74) is 0.856. The number of rotatable bonds is 4. The Bertz CT molecular complexity index is 524. The van der Waals surface area contributed by atoms with E-state index in [1.165, 1.54) is 12.3 Å². The van der Waals surface area contributed by atoms with Crippen LogP contribution in [0.5, 0.6) is 5.75 Å². The molecule has 0 aliphatic carbocycles. The van der Waals surface area contributed by atoms with Crippen LogP contribution in [0.2, 0.25) is 0 Å². The molecule has 0 saturated carbocycles. The van der Waals surface area contributed by atoms with Crippen molar-refractivity contribution in [2.45, 2.75) is 0 Å². The van der Waals surface area contributed by atoms with E-state index in [-0.39, 0.29) is 5.78 Å². The number of hydrogen-bond acceptors (Lipinski definition) is 3. The second kappa shape index (κ2) is 5.16. The van der Waals surface area contributed by atoms with Gasteiger partial charge in [-0.25, -0.2) is 0 Å². The number of methoxy groups -OCH3 is 1. The van der Waals surface area contributed by atoms with Crippen molar-refractivity contribution in [3.8, 4) is 5.75 Å². The van der Waals surface area contributed by atoms with Crippen LogP contribution in [-0.2, 0) is 0 Å². The van der Waals surface area contributed by atoms with Crippen molar-refractivity contribution in [1.82, 2.24) is 0 Å². The molecule has 17 heavy (non-hydrogen) atoms. The van der Waals surface area contributed by atoms with E-state index < -0.39 is 0 Å². The summed E-state index contributed by atoms with van der Waals surface area (Å²) < 4.78 is 10.2. The molecule has 2 aromatic rings. The third kappa shape index (κ3) is 2.64. The van der Waals surface area contributed by atoms with Crippen molar-refractivity contribution < 1.29 is 13.9 Å². The van der Waals surface area contributed by atoms with Gasteiger partial charge in [-0.2, -0.15) is 0 Å². The summed E-state index contributed by atoms with van der Waals surface area (Å²) in [7, 11) is 1.60. The number of para-hydroxylation sites is 1. The summed E-state index contributed by atoms with van der Waals surface area (Å²) in [6.07, 6.45) is 4.66. The largest absolute Gasteiger partial charge is 0.496 e. The highest BCUT2D eigenvalue weighted by atomic mass is 16.5. The van der Waals surface area contributed by atoms with Crippen LogP contribution in [0.15, 0.2) is 53.2 Å². The summed E-state index contributed by atoms with van der Waals surface area (Å²) in [5.74, 6) is 0.896. The summed E-state index contributed by atoms with van der Waals surface area (Å²) in [4.78, 5) is 11.7. The van der Waals surface area contributed by atoms with Gasteiger partial charge in [-0.3, -0.25) is 4.79 Å². The molecule has 86 valence electrons. The standard InChI is InChI=1S/C14H12O3/c1-16-13-6-3-2-5-11(13)8-9-12(15)14-7-4-10-17-14/h2-10H,1H3/b9-8+. The predicted molar refractivity (Wildman–Crippen MR) is 65.1 cm³/mol. The molecule has 0 fully saturated rings. The average Bonchev–Trinajstić information content (AvgIpc) is 2.90. The summed E-state index contributed by atoms with van der Waals surface area (Å²) in [5, 5.41) is 0. The van der Waals surface area contributed by atoms with Crippen molar-refractivity contribution in [2.24, 2.45) is 0 Å². The lowest BCUT2D eigenvalue weighted by molar-refractivity contribution is 0.102. The van der Waals surface area contributed by atoms with Crippen molar-refractivity contribution in [1.29, 1.82) is 0 Å². The van der Waals surface area contributed by atoms with Gasteiger partial charge in [0.2, 0.25) is 5.78 Å². The Morgan fingerprint density at radius 3 is 2.76 bits per heavy atom. The van der Waals surface area contributed by atoms with E-state index in [9.17, 15) is 4.79 Å². The number of benzene rings is 1. The first kappa shape index (κ1) is 11.2. The van der Waals surface area contributed by atoms with Crippen LogP contribution in [0.4, 0.5) is 0 Å². The number of carbonyl (C=O) groups is 1. The monoisotopic (exact) mass is 228 g/mol. The molecule has 1 aromatic carbocycles. The quantitative estimate of drug-likeness (QED) is 0.596. The fourth-order valence-electron chi connectivity index (χ4n) is 1.47. The first-order valence-corrected chi connectivity index (χ1v) is 5.20. The van der Waals surface area contributed by atoms with Crippen LogP contribution in [0, 0.1) is 0 Å². The van der Waals surface area contributed by atoms with Gasteiger partial charge in [0.1, 0.15) is 5.75 Å². The van der Waals surface area contributed by atoms with Crippen LogP contribution in [-0.4, -0.2) is 12.9 Å². The molecular formula is C14H12O3. The van der Waals surface area contributed by atoms with Gasteiger partial charge >= 0.3 is 0 Å². The summed E-state index contributed by atoms with van der Waals surface area (Å²) in [6.45, 7) is 0. The minimum atomic E-state index is -0.166. The Labute approximate surface area is 99.3 Å². The molecule has 1 heterocycles. The van der Waals surface area contributed by atoms with Crippen LogP contribution in [0.1, 0.15) is 16.1 Å². The third-order valence-electron chi connectivity index (χ3n) is 2.32. The minimum Gasteiger partial charge on any atom is -0.496 e. The summed E-state index contributed by atoms with van der Waals surface area (Å²) in [6, 6.07) is 10.8. The lowest BCUT2D eigenvalue weighted by Gasteiger charge is -2.02. The van der Waals surface area contributed by atoms with Gasteiger partial charge < -0.3 is 9.15 Å². The lowest BCUT2D eigenvalue weighted by Crippen LogP contribution is -1.91. The average molecular weight is 228 g/mol. The zero-order chi connectivity index (χ0) is 12.1. The number of hydrogen-bond donors (Lipinski definition) is 0. The molecule has 0 spiro atoms. The topological polar surface area (TPSA) is 39.4 Å². The van der Waals surface area contributed by atoms with Crippen molar-refractivity contribution in [2.75, 3.05) is 7.11 Å². The zero-order valence-electron chi connectivity index (χ0n) is 9.42. The molecule has 0 radical (unpaired) electrons. The molecule has 0 unspecified atom stereocenters. The van der Waals surface area contributed by atoms with Gasteiger partial charge in [-0.1, -0.05) is 18.2 Å². The second-order valence-corrected chi connectivity index (χ2v) is 3.42. The Morgan fingerprint density at radius 1 is 1.24 bits per heavy atom. The third-order valence-corrected chi connectivity index (χ3v) is 2.32. The van der Waals surface area contributed by atoms with Crippen LogP contribution < -0.4 is 4.74 Å². The fourth-order valence-corrected chi connectivity index (χ4v) is 1.47. The highest BCUT2D eigenvalue weighted by Gasteiger charge is 2.04. The molecule has 0 atom stereocenters. The lowest BCUT2D eigenvalue weighted by atomic mass is 10.1. The Morgan fingerprint density at radius 2 is 2.06 bits per heavy atom. The molecule has 0 aliphatic heterocycles.